The number of rotatable bonds is 4. The Morgan fingerprint density at radius 1 is 1.22 bits per heavy atom. The molecule has 0 heterocycles. The number of nitrogens with two attached hydrogens (primary N) is 1. The van der Waals surface area contributed by atoms with Crippen molar-refractivity contribution in [1.29, 1.82) is 0 Å². The number of sulfone groups is 1. The second-order valence-electron chi connectivity index (χ2n) is 6.50. The Hall–Kier alpha value is -0.620. The Balaban J connectivity index is 2.61. The van der Waals surface area contributed by atoms with Gasteiger partial charge in [-0.1, -0.05) is 27.7 Å². The van der Waals surface area contributed by atoms with Gasteiger partial charge >= 0.3 is 0 Å². The molecule has 0 unspecified atom stereocenters. The van der Waals surface area contributed by atoms with Crippen LogP contribution in [-0.4, -0.2) is 38.4 Å². The van der Waals surface area contributed by atoms with Gasteiger partial charge in [0.05, 0.1) is 5.75 Å². The van der Waals surface area contributed by atoms with Crippen molar-refractivity contribution in [3.8, 4) is 0 Å². The van der Waals surface area contributed by atoms with Crippen molar-refractivity contribution in [2.75, 3.05) is 12.0 Å². The monoisotopic (exact) mass is 276 g/mol. The minimum atomic E-state index is -3.10. The smallest absolute Gasteiger partial charge is 0.221 e. The minimum absolute atomic E-state index is 0.0106. The third kappa shape index (κ3) is 2.85. The summed E-state index contributed by atoms with van der Waals surface area (Å²) in [5.41, 5.74) is 5.77. The van der Waals surface area contributed by atoms with Crippen LogP contribution in [0.5, 0.6) is 0 Å². The second kappa shape index (κ2) is 4.49. The maximum Gasteiger partial charge on any atom is 0.221 e. The van der Waals surface area contributed by atoms with Crippen LogP contribution in [0, 0.1) is 10.8 Å². The molecule has 1 amide bonds. The molecule has 0 aromatic heterocycles. The summed E-state index contributed by atoms with van der Waals surface area (Å²) < 4.78 is 22.0. The highest BCUT2D eigenvalue weighted by Crippen LogP contribution is 2.52. The number of carbonyl (C=O) groups is 1. The van der Waals surface area contributed by atoms with Crippen molar-refractivity contribution in [3.63, 3.8) is 0 Å². The Bertz CT molecular complexity index is 424. The molecule has 1 saturated carbocycles. The Morgan fingerprint density at radius 3 is 2.06 bits per heavy atom. The molecule has 3 N–H and O–H groups in total. The minimum Gasteiger partial charge on any atom is -0.352 e. The lowest BCUT2D eigenvalue weighted by atomic mass is 9.48. The maximum atomic E-state index is 11.8. The zero-order chi connectivity index (χ0) is 14.4. The van der Waals surface area contributed by atoms with Crippen molar-refractivity contribution in [2.24, 2.45) is 16.6 Å². The maximum absolute atomic E-state index is 11.8. The van der Waals surface area contributed by atoms with Crippen molar-refractivity contribution >= 4 is 15.7 Å². The Kier molecular flexibility index (Phi) is 3.85. The van der Waals surface area contributed by atoms with Gasteiger partial charge in [-0.2, -0.15) is 0 Å². The van der Waals surface area contributed by atoms with E-state index in [0.717, 1.165) is 6.26 Å². The number of hydrogen-bond donors (Lipinski definition) is 2. The first-order valence-electron chi connectivity index (χ1n) is 6.11. The fourth-order valence-electron chi connectivity index (χ4n) is 3.06. The molecule has 0 aliphatic heterocycles. The zero-order valence-corrected chi connectivity index (χ0v) is 12.6. The molecule has 1 rings (SSSR count). The van der Waals surface area contributed by atoms with Crippen LogP contribution in [0.2, 0.25) is 0 Å². The first-order valence-corrected chi connectivity index (χ1v) is 8.18. The highest BCUT2D eigenvalue weighted by Gasteiger charge is 2.60. The van der Waals surface area contributed by atoms with Crippen LogP contribution in [0.4, 0.5) is 0 Å². The largest absolute Gasteiger partial charge is 0.352 e. The third-order valence-electron chi connectivity index (χ3n) is 4.10. The van der Waals surface area contributed by atoms with E-state index in [4.69, 9.17) is 5.73 Å². The summed E-state index contributed by atoms with van der Waals surface area (Å²) in [5, 5.41) is 2.92. The molecule has 1 fully saturated rings. The van der Waals surface area contributed by atoms with Gasteiger partial charge in [0, 0.05) is 35.6 Å². The van der Waals surface area contributed by atoms with Gasteiger partial charge in [-0.15, -0.1) is 0 Å². The fourth-order valence-corrected chi connectivity index (χ4v) is 3.62. The number of carbonyl (C=O) groups excluding carboxylic acids is 1. The Morgan fingerprint density at radius 2 is 1.67 bits per heavy atom. The normalized spacial score (nSPS) is 29.4. The molecule has 0 atom stereocenters. The van der Waals surface area contributed by atoms with E-state index >= 15 is 0 Å². The molecular formula is C12H24N2O3S. The summed E-state index contributed by atoms with van der Waals surface area (Å²) in [4.78, 5) is 11.8. The first-order chi connectivity index (χ1) is 7.89. The van der Waals surface area contributed by atoms with Crippen molar-refractivity contribution in [3.05, 3.63) is 0 Å². The molecule has 18 heavy (non-hydrogen) atoms. The average molecular weight is 276 g/mol. The van der Waals surface area contributed by atoms with Crippen LogP contribution in [0.15, 0.2) is 0 Å². The molecule has 0 bridgehead atoms. The molecule has 1 aliphatic carbocycles. The lowest BCUT2D eigenvalue weighted by Crippen LogP contribution is -2.76. The van der Waals surface area contributed by atoms with E-state index in [1.807, 2.05) is 27.7 Å². The summed E-state index contributed by atoms with van der Waals surface area (Å²) >= 11 is 0. The summed E-state index contributed by atoms with van der Waals surface area (Å²) in [5.74, 6) is -0.336. The van der Waals surface area contributed by atoms with Crippen LogP contribution in [0.25, 0.3) is 0 Å². The highest BCUT2D eigenvalue weighted by molar-refractivity contribution is 7.90. The van der Waals surface area contributed by atoms with E-state index in [2.05, 4.69) is 5.32 Å². The van der Waals surface area contributed by atoms with Gasteiger partial charge in [-0.25, -0.2) is 8.42 Å². The molecular weight excluding hydrogens is 252 g/mol. The van der Waals surface area contributed by atoms with Gasteiger partial charge in [0.15, 0.2) is 0 Å². The van der Waals surface area contributed by atoms with Crippen LogP contribution >= 0.6 is 0 Å². The molecule has 5 nitrogen and oxygen atoms in total. The lowest BCUT2D eigenvalue weighted by molar-refractivity contribution is -0.131. The van der Waals surface area contributed by atoms with E-state index in [9.17, 15) is 13.2 Å². The molecule has 0 radical (unpaired) electrons. The van der Waals surface area contributed by atoms with Gasteiger partial charge in [0.25, 0.3) is 0 Å². The van der Waals surface area contributed by atoms with Crippen LogP contribution in [0.3, 0.4) is 0 Å². The SMILES string of the molecule is CC1(C)C(N)C(C)(C)C1NC(=O)CCS(C)(=O)=O. The van der Waals surface area contributed by atoms with E-state index in [1.54, 1.807) is 0 Å². The van der Waals surface area contributed by atoms with Gasteiger partial charge in [0.1, 0.15) is 9.84 Å². The van der Waals surface area contributed by atoms with Crippen molar-refractivity contribution in [1.82, 2.24) is 5.32 Å². The second-order valence-corrected chi connectivity index (χ2v) is 8.76. The summed E-state index contributed by atoms with van der Waals surface area (Å²) in [6, 6.07) is -0.00253. The van der Waals surface area contributed by atoms with Crippen LogP contribution in [0.1, 0.15) is 34.1 Å². The van der Waals surface area contributed by atoms with Crippen LogP contribution in [-0.2, 0) is 14.6 Å². The first kappa shape index (κ1) is 15.4. The molecule has 0 spiro atoms. The fraction of sp³-hybridized carbons (Fsp3) is 0.917. The van der Waals surface area contributed by atoms with Gasteiger partial charge in [0.2, 0.25) is 5.91 Å². The van der Waals surface area contributed by atoms with Gasteiger partial charge in [-0.3, -0.25) is 4.79 Å². The predicted octanol–water partition coefficient (Wildman–Crippen LogP) is 0.299. The summed E-state index contributed by atoms with van der Waals surface area (Å²) in [6.07, 6.45) is 1.14. The van der Waals surface area contributed by atoms with Gasteiger partial charge in [-0.05, 0) is 0 Å². The van der Waals surface area contributed by atoms with E-state index < -0.39 is 9.84 Å². The third-order valence-corrected chi connectivity index (χ3v) is 5.04. The number of amides is 1. The summed E-state index contributed by atoms with van der Waals surface area (Å²) in [7, 11) is -3.10. The quantitative estimate of drug-likeness (QED) is 0.773. The molecule has 0 aromatic rings. The molecule has 0 aromatic carbocycles. The van der Waals surface area contributed by atoms with Crippen molar-refractivity contribution < 1.29 is 13.2 Å². The lowest BCUT2D eigenvalue weighted by Gasteiger charge is -2.62. The topological polar surface area (TPSA) is 89.3 Å². The Labute approximate surface area is 109 Å². The zero-order valence-electron chi connectivity index (χ0n) is 11.8. The summed E-state index contributed by atoms with van der Waals surface area (Å²) in [6.45, 7) is 8.07. The standard InChI is InChI=1S/C12H24N2O3S/c1-11(2)9(13)12(3,4)10(11)14-8(15)6-7-18(5,16)17/h9-10H,6-7,13H2,1-5H3,(H,14,15). The molecule has 1 aliphatic rings. The van der Waals surface area contributed by atoms with Gasteiger partial charge < -0.3 is 11.1 Å². The average Bonchev–Trinajstić information content (AvgIpc) is 2.20. The molecule has 106 valence electrons. The predicted molar refractivity (Wildman–Crippen MR) is 71.8 cm³/mol. The van der Waals surface area contributed by atoms with E-state index in [0.29, 0.717) is 0 Å². The molecule has 6 heteroatoms. The number of nitrogens with one attached hydrogen (secondary N) is 1. The van der Waals surface area contributed by atoms with E-state index in [1.165, 1.54) is 0 Å². The van der Waals surface area contributed by atoms with Crippen LogP contribution < -0.4 is 11.1 Å². The van der Waals surface area contributed by atoms with Crippen molar-refractivity contribution in [2.45, 2.75) is 46.2 Å². The number of hydrogen-bond acceptors (Lipinski definition) is 4. The van der Waals surface area contributed by atoms with E-state index in [-0.39, 0.29) is 41.0 Å². The molecule has 0 saturated heterocycles. The highest BCUT2D eigenvalue weighted by atomic mass is 32.2.